The molecule has 0 aliphatic rings. The first kappa shape index (κ1) is 17.5. The van der Waals surface area contributed by atoms with Crippen molar-refractivity contribution in [2.75, 3.05) is 5.32 Å². The molecule has 1 aromatic heterocycles. The monoisotopic (exact) mass is 361 g/mol. The van der Waals surface area contributed by atoms with Crippen LogP contribution in [0.1, 0.15) is 5.56 Å². The topological polar surface area (TPSA) is 56.2 Å². The quantitative estimate of drug-likeness (QED) is 0.736. The molecule has 0 atom stereocenters. The van der Waals surface area contributed by atoms with Gasteiger partial charge in [0.2, 0.25) is 5.91 Å². The Hall–Kier alpha value is -3.29. The van der Waals surface area contributed by atoms with Crippen LogP contribution in [0.4, 0.5) is 18.9 Å². The number of para-hydroxylation sites is 1. The van der Waals surface area contributed by atoms with Crippen molar-refractivity contribution in [3.63, 3.8) is 0 Å². The number of benzene rings is 2. The molecule has 1 amide bonds. The van der Waals surface area contributed by atoms with Crippen LogP contribution in [-0.4, -0.2) is 15.7 Å². The van der Waals surface area contributed by atoms with Gasteiger partial charge in [0.05, 0.1) is 11.3 Å². The fourth-order valence-corrected chi connectivity index (χ4v) is 2.29. The van der Waals surface area contributed by atoms with Gasteiger partial charge in [-0.05, 0) is 36.4 Å². The lowest BCUT2D eigenvalue weighted by Gasteiger charge is -2.16. The van der Waals surface area contributed by atoms with Gasteiger partial charge in [0, 0.05) is 12.4 Å². The zero-order valence-corrected chi connectivity index (χ0v) is 13.4. The highest BCUT2D eigenvalue weighted by atomic mass is 19.4. The molecule has 0 bridgehead atoms. The molecule has 1 heterocycles. The maximum absolute atomic E-state index is 13.4. The van der Waals surface area contributed by atoms with Gasteiger partial charge in [-0.3, -0.25) is 9.48 Å². The summed E-state index contributed by atoms with van der Waals surface area (Å²) in [4.78, 5) is 12.0. The molecular weight excluding hydrogens is 347 g/mol. The maximum Gasteiger partial charge on any atom is 0.418 e. The van der Waals surface area contributed by atoms with E-state index >= 15 is 0 Å². The summed E-state index contributed by atoms with van der Waals surface area (Å²) in [6, 6.07) is 13.5. The van der Waals surface area contributed by atoms with E-state index in [0.717, 1.165) is 6.07 Å². The van der Waals surface area contributed by atoms with Crippen molar-refractivity contribution in [3.8, 4) is 11.5 Å². The average molecular weight is 361 g/mol. The molecular formula is C18H14F3N3O2. The zero-order valence-electron chi connectivity index (χ0n) is 13.4. The standard InChI is InChI=1S/C18H14F3N3O2/c19-18(20,21)15-11-14(26-13-5-2-1-3-6-13)7-8-16(15)23-17(25)12-24-10-4-9-22-24/h1-11H,12H2,(H,23,25). The van der Waals surface area contributed by atoms with Crippen molar-refractivity contribution in [1.29, 1.82) is 0 Å². The molecule has 0 aliphatic heterocycles. The highest BCUT2D eigenvalue weighted by molar-refractivity contribution is 5.91. The Balaban J connectivity index is 1.81. The first-order valence-electron chi connectivity index (χ1n) is 7.63. The zero-order chi connectivity index (χ0) is 18.6. The summed E-state index contributed by atoms with van der Waals surface area (Å²) in [6.45, 7) is -0.188. The van der Waals surface area contributed by atoms with Gasteiger partial charge in [0.1, 0.15) is 18.0 Å². The van der Waals surface area contributed by atoms with E-state index in [9.17, 15) is 18.0 Å². The number of rotatable bonds is 5. The van der Waals surface area contributed by atoms with Gasteiger partial charge in [-0.25, -0.2) is 0 Å². The average Bonchev–Trinajstić information content (AvgIpc) is 3.09. The highest BCUT2D eigenvalue weighted by Crippen LogP contribution is 2.38. The molecule has 134 valence electrons. The number of carbonyl (C=O) groups is 1. The van der Waals surface area contributed by atoms with Gasteiger partial charge in [0.15, 0.2) is 0 Å². The van der Waals surface area contributed by atoms with E-state index in [1.165, 1.54) is 23.0 Å². The van der Waals surface area contributed by atoms with Crippen molar-refractivity contribution in [1.82, 2.24) is 9.78 Å². The number of aromatic nitrogens is 2. The predicted molar refractivity (Wildman–Crippen MR) is 88.8 cm³/mol. The number of carbonyl (C=O) groups excluding carboxylic acids is 1. The van der Waals surface area contributed by atoms with Crippen LogP contribution in [0, 0.1) is 0 Å². The maximum atomic E-state index is 13.4. The van der Waals surface area contributed by atoms with E-state index in [2.05, 4.69) is 10.4 Å². The van der Waals surface area contributed by atoms with Crippen LogP contribution >= 0.6 is 0 Å². The minimum atomic E-state index is -4.65. The predicted octanol–water partition coefficient (Wildman–Crippen LogP) is 4.33. The lowest BCUT2D eigenvalue weighted by molar-refractivity contribution is -0.137. The number of hydrogen-bond donors (Lipinski definition) is 1. The van der Waals surface area contributed by atoms with E-state index < -0.39 is 17.6 Å². The van der Waals surface area contributed by atoms with Gasteiger partial charge < -0.3 is 10.1 Å². The Morgan fingerprint density at radius 2 is 1.85 bits per heavy atom. The Morgan fingerprint density at radius 3 is 2.50 bits per heavy atom. The van der Waals surface area contributed by atoms with E-state index in [1.807, 2.05) is 0 Å². The van der Waals surface area contributed by atoms with Gasteiger partial charge in [0.25, 0.3) is 0 Å². The molecule has 5 nitrogen and oxygen atoms in total. The van der Waals surface area contributed by atoms with Crippen molar-refractivity contribution < 1.29 is 22.7 Å². The molecule has 0 saturated heterocycles. The van der Waals surface area contributed by atoms with Crippen molar-refractivity contribution in [3.05, 3.63) is 72.6 Å². The molecule has 0 saturated carbocycles. The molecule has 8 heteroatoms. The van der Waals surface area contributed by atoms with Gasteiger partial charge >= 0.3 is 6.18 Å². The molecule has 0 aliphatic carbocycles. The lowest BCUT2D eigenvalue weighted by atomic mass is 10.1. The second-order valence-corrected chi connectivity index (χ2v) is 5.37. The number of halogens is 3. The first-order chi connectivity index (χ1) is 12.4. The first-order valence-corrected chi connectivity index (χ1v) is 7.63. The van der Waals surface area contributed by atoms with Crippen LogP contribution in [-0.2, 0) is 17.5 Å². The second-order valence-electron chi connectivity index (χ2n) is 5.37. The normalized spacial score (nSPS) is 11.2. The Morgan fingerprint density at radius 1 is 1.08 bits per heavy atom. The third-order valence-electron chi connectivity index (χ3n) is 3.41. The van der Waals surface area contributed by atoms with E-state index in [4.69, 9.17) is 4.74 Å². The largest absolute Gasteiger partial charge is 0.457 e. The molecule has 2 aromatic carbocycles. The number of ether oxygens (including phenoxy) is 1. The van der Waals surface area contributed by atoms with E-state index in [-0.39, 0.29) is 18.0 Å². The summed E-state index contributed by atoms with van der Waals surface area (Å²) in [6.07, 6.45) is -1.63. The molecule has 1 N–H and O–H groups in total. The molecule has 0 spiro atoms. The fraction of sp³-hybridized carbons (Fsp3) is 0.111. The summed E-state index contributed by atoms with van der Waals surface area (Å²) in [5.74, 6) is -0.180. The van der Waals surface area contributed by atoms with Crippen molar-refractivity contribution in [2.24, 2.45) is 0 Å². The minimum Gasteiger partial charge on any atom is -0.457 e. The molecule has 0 unspecified atom stereocenters. The van der Waals surface area contributed by atoms with E-state index in [1.54, 1.807) is 42.6 Å². The summed E-state index contributed by atoms with van der Waals surface area (Å²) in [5, 5.41) is 6.11. The SMILES string of the molecule is O=C(Cn1cccn1)Nc1ccc(Oc2ccccc2)cc1C(F)(F)F. The number of nitrogens with one attached hydrogen (secondary N) is 1. The summed E-state index contributed by atoms with van der Waals surface area (Å²) in [5.41, 5.74) is -1.32. The molecule has 3 rings (SSSR count). The van der Waals surface area contributed by atoms with Crippen LogP contribution in [0.15, 0.2) is 67.0 Å². The van der Waals surface area contributed by atoms with Crippen molar-refractivity contribution >= 4 is 11.6 Å². The van der Waals surface area contributed by atoms with Crippen LogP contribution in [0.5, 0.6) is 11.5 Å². The van der Waals surface area contributed by atoms with Crippen molar-refractivity contribution in [2.45, 2.75) is 12.7 Å². The lowest BCUT2D eigenvalue weighted by Crippen LogP contribution is -2.21. The number of amides is 1. The summed E-state index contributed by atoms with van der Waals surface area (Å²) >= 11 is 0. The molecule has 3 aromatic rings. The Bertz CT molecular complexity index is 878. The third kappa shape index (κ3) is 4.41. The fourth-order valence-electron chi connectivity index (χ4n) is 2.29. The molecule has 0 radical (unpaired) electrons. The Labute approximate surface area is 147 Å². The van der Waals surface area contributed by atoms with Gasteiger partial charge in [-0.15, -0.1) is 0 Å². The van der Waals surface area contributed by atoms with Crippen LogP contribution < -0.4 is 10.1 Å². The number of alkyl halides is 3. The number of nitrogens with zero attached hydrogens (tertiary/aromatic N) is 2. The van der Waals surface area contributed by atoms with Gasteiger partial charge in [-0.1, -0.05) is 18.2 Å². The van der Waals surface area contributed by atoms with E-state index in [0.29, 0.717) is 5.75 Å². The molecule has 0 fully saturated rings. The summed E-state index contributed by atoms with van der Waals surface area (Å²) < 4.78 is 46.9. The van der Waals surface area contributed by atoms with Crippen LogP contribution in [0.2, 0.25) is 0 Å². The number of hydrogen-bond acceptors (Lipinski definition) is 3. The number of anilines is 1. The van der Waals surface area contributed by atoms with Crippen LogP contribution in [0.25, 0.3) is 0 Å². The van der Waals surface area contributed by atoms with Crippen LogP contribution in [0.3, 0.4) is 0 Å². The smallest absolute Gasteiger partial charge is 0.418 e. The third-order valence-corrected chi connectivity index (χ3v) is 3.41. The summed E-state index contributed by atoms with van der Waals surface area (Å²) in [7, 11) is 0. The highest BCUT2D eigenvalue weighted by Gasteiger charge is 2.34. The molecule has 26 heavy (non-hydrogen) atoms. The van der Waals surface area contributed by atoms with Gasteiger partial charge in [-0.2, -0.15) is 18.3 Å². The second kappa shape index (κ2) is 7.30. The Kier molecular flexibility index (Phi) is 4.92. The minimum absolute atomic E-state index is 0.0219.